The maximum Gasteiger partial charge on any atom is 0.179 e. The van der Waals surface area contributed by atoms with Crippen molar-refractivity contribution < 1.29 is 18.9 Å². The number of ether oxygens (including phenoxy) is 4. The zero-order valence-electron chi connectivity index (χ0n) is 13.1. The predicted molar refractivity (Wildman–Crippen MR) is 83.3 cm³/mol. The van der Waals surface area contributed by atoms with Gasteiger partial charge in [-0.3, -0.25) is 0 Å². The molecular formula is C15H24ClNO4. The van der Waals surface area contributed by atoms with Gasteiger partial charge in [0.25, 0.3) is 0 Å². The summed E-state index contributed by atoms with van der Waals surface area (Å²) in [5.74, 6) is 1.16. The van der Waals surface area contributed by atoms with E-state index in [2.05, 4.69) is 5.32 Å². The fraction of sp³-hybridized carbons (Fsp3) is 0.600. The van der Waals surface area contributed by atoms with Crippen LogP contribution in [0.1, 0.15) is 19.4 Å². The Balaban J connectivity index is 2.63. The lowest BCUT2D eigenvalue weighted by Gasteiger charge is -2.18. The van der Waals surface area contributed by atoms with E-state index in [4.69, 9.17) is 30.5 Å². The summed E-state index contributed by atoms with van der Waals surface area (Å²) in [6, 6.07) is 3.75. The van der Waals surface area contributed by atoms with Gasteiger partial charge in [-0.1, -0.05) is 17.7 Å². The van der Waals surface area contributed by atoms with Crippen LogP contribution in [0.25, 0.3) is 0 Å². The van der Waals surface area contributed by atoms with Crippen molar-refractivity contribution in [1.82, 2.24) is 5.32 Å². The average Bonchev–Trinajstić information content (AvgIpc) is 2.49. The van der Waals surface area contributed by atoms with E-state index < -0.39 is 0 Å². The molecule has 0 saturated heterocycles. The molecule has 21 heavy (non-hydrogen) atoms. The van der Waals surface area contributed by atoms with Gasteiger partial charge in [-0.25, -0.2) is 0 Å². The Morgan fingerprint density at radius 3 is 2.29 bits per heavy atom. The van der Waals surface area contributed by atoms with Crippen molar-refractivity contribution in [3.63, 3.8) is 0 Å². The predicted octanol–water partition coefficient (Wildman–Crippen LogP) is 2.85. The zero-order chi connectivity index (χ0) is 15.7. The van der Waals surface area contributed by atoms with E-state index in [1.807, 2.05) is 26.0 Å². The number of benzene rings is 1. The minimum absolute atomic E-state index is 0.251. The van der Waals surface area contributed by atoms with E-state index >= 15 is 0 Å². The van der Waals surface area contributed by atoms with Crippen LogP contribution in [0.4, 0.5) is 0 Å². The van der Waals surface area contributed by atoms with Crippen LogP contribution in [0.2, 0.25) is 5.02 Å². The minimum Gasteiger partial charge on any atom is -0.493 e. The van der Waals surface area contributed by atoms with Crippen molar-refractivity contribution in [2.45, 2.75) is 26.7 Å². The van der Waals surface area contributed by atoms with Gasteiger partial charge in [-0.15, -0.1) is 0 Å². The lowest BCUT2D eigenvalue weighted by Crippen LogP contribution is -2.31. The number of hydrogen-bond acceptors (Lipinski definition) is 5. The number of nitrogens with one attached hydrogen (secondary N) is 1. The summed E-state index contributed by atoms with van der Waals surface area (Å²) in [5.41, 5.74) is 0.932. The molecule has 0 aromatic heterocycles. The first kappa shape index (κ1) is 18.0. The van der Waals surface area contributed by atoms with Crippen LogP contribution in [0.5, 0.6) is 11.5 Å². The van der Waals surface area contributed by atoms with Crippen LogP contribution in [0, 0.1) is 0 Å². The molecule has 120 valence electrons. The molecule has 1 aromatic rings. The first-order valence-electron chi connectivity index (χ1n) is 7.01. The summed E-state index contributed by atoms with van der Waals surface area (Å²) in [6.07, 6.45) is -0.251. The molecule has 1 N–H and O–H groups in total. The minimum atomic E-state index is -0.251. The van der Waals surface area contributed by atoms with Gasteiger partial charge in [0.05, 0.1) is 19.2 Å². The fourth-order valence-corrected chi connectivity index (χ4v) is 2.23. The van der Waals surface area contributed by atoms with E-state index in [-0.39, 0.29) is 6.29 Å². The maximum atomic E-state index is 6.32. The highest BCUT2D eigenvalue weighted by Crippen LogP contribution is 2.37. The Hall–Kier alpha value is -1.01. The Labute approximate surface area is 131 Å². The second-order valence-corrected chi connectivity index (χ2v) is 4.62. The van der Waals surface area contributed by atoms with Gasteiger partial charge in [0.1, 0.15) is 0 Å². The monoisotopic (exact) mass is 317 g/mol. The summed E-state index contributed by atoms with van der Waals surface area (Å²) in [4.78, 5) is 0. The molecule has 0 heterocycles. The van der Waals surface area contributed by atoms with Crippen LogP contribution < -0.4 is 14.8 Å². The third kappa shape index (κ3) is 5.36. The highest BCUT2D eigenvalue weighted by Gasteiger charge is 2.13. The molecule has 1 rings (SSSR count). The summed E-state index contributed by atoms with van der Waals surface area (Å²) in [6.45, 7) is 6.30. The molecule has 0 spiro atoms. The highest BCUT2D eigenvalue weighted by atomic mass is 35.5. The van der Waals surface area contributed by atoms with Crippen LogP contribution >= 0.6 is 11.6 Å². The summed E-state index contributed by atoms with van der Waals surface area (Å²) >= 11 is 6.32. The summed E-state index contributed by atoms with van der Waals surface area (Å²) in [5, 5.41) is 3.82. The smallest absolute Gasteiger partial charge is 0.179 e. The first-order chi connectivity index (χ1) is 10.2. The molecule has 1 aromatic carbocycles. The lowest BCUT2D eigenvalue weighted by atomic mass is 10.2. The van der Waals surface area contributed by atoms with Gasteiger partial charge in [-0.2, -0.15) is 0 Å². The second kappa shape index (κ2) is 9.84. The van der Waals surface area contributed by atoms with Crippen LogP contribution in [-0.4, -0.2) is 40.3 Å². The first-order valence-corrected chi connectivity index (χ1v) is 7.38. The lowest BCUT2D eigenvalue weighted by molar-refractivity contribution is -0.133. The molecule has 0 atom stereocenters. The fourth-order valence-electron chi connectivity index (χ4n) is 1.93. The number of rotatable bonds is 10. The Morgan fingerprint density at radius 1 is 1.10 bits per heavy atom. The van der Waals surface area contributed by atoms with Crippen molar-refractivity contribution in [3.05, 3.63) is 22.7 Å². The van der Waals surface area contributed by atoms with Gasteiger partial charge in [0.15, 0.2) is 17.8 Å². The summed E-state index contributed by atoms with van der Waals surface area (Å²) < 4.78 is 21.4. The molecule has 0 unspecified atom stereocenters. The van der Waals surface area contributed by atoms with Crippen molar-refractivity contribution in [3.8, 4) is 11.5 Å². The van der Waals surface area contributed by atoms with Crippen molar-refractivity contribution >= 4 is 11.6 Å². The van der Waals surface area contributed by atoms with Crippen LogP contribution in [0.15, 0.2) is 12.1 Å². The van der Waals surface area contributed by atoms with Gasteiger partial charge in [-0.05, 0) is 25.5 Å². The standard InChI is InChI=1S/C15H24ClNO4/c1-5-20-13(21-6-2)10-17-9-11-7-8-12(18-3)15(19-4)14(11)16/h7-8,13,17H,5-6,9-10H2,1-4H3. The third-order valence-electron chi connectivity index (χ3n) is 2.90. The molecule has 0 amide bonds. The van der Waals surface area contributed by atoms with Crippen LogP contribution in [0.3, 0.4) is 0 Å². The Morgan fingerprint density at radius 2 is 1.76 bits per heavy atom. The van der Waals surface area contributed by atoms with Gasteiger partial charge >= 0.3 is 0 Å². The normalized spacial score (nSPS) is 11.0. The van der Waals surface area contributed by atoms with Crippen molar-refractivity contribution in [1.29, 1.82) is 0 Å². The maximum absolute atomic E-state index is 6.32. The second-order valence-electron chi connectivity index (χ2n) is 4.25. The third-order valence-corrected chi connectivity index (χ3v) is 3.31. The van der Waals surface area contributed by atoms with Crippen molar-refractivity contribution in [2.24, 2.45) is 0 Å². The zero-order valence-corrected chi connectivity index (χ0v) is 13.8. The highest BCUT2D eigenvalue weighted by molar-refractivity contribution is 6.33. The molecule has 0 fully saturated rings. The van der Waals surface area contributed by atoms with E-state index in [1.54, 1.807) is 14.2 Å². The van der Waals surface area contributed by atoms with Crippen LogP contribution in [-0.2, 0) is 16.0 Å². The van der Waals surface area contributed by atoms with E-state index in [0.717, 1.165) is 5.56 Å². The number of halogens is 1. The average molecular weight is 318 g/mol. The molecule has 6 heteroatoms. The molecule has 0 aliphatic rings. The molecule has 5 nitrogen and oxygen atoms in total. The van der Waals surface area contributed by atoms with E-state index in [9.17, 15) is 0 Å². The Bertz CT molecular complexity index is 422. The summed E-state index contributed by atoms with van der Waals surface area (Å²) in [7, 11) is 3.15. The number of methoxy groups -OCH3 is 2. The molecule has 0 saturated carbocycles. The van der Waals surface area contributed by atoms with Crippen molar-refractivity contribution in [2.75, 3.05) is 34.0 Å². The van der Waals surface area contributed by atoms with Gasteiger partial charge in [0.2, 0.25) is 0 Å². The topological polar surface area (TPSA) is 49.0 Å². The molecular weight excluding hydrogens is 294 g/mol. The molecule has 0 aliphatic heterocycles. The molecule has 0 bridgehead atoms. The Kier molecular flexibility index (Phi) is 8.45. The molecule has 0 aliphatic carbocycles. The van der Waals surface area contributed by atoms with E-state index in [1.165, 1.54) is 0 Å². The number of hydrogen-bond donors (Lipinski definition) is 1. The SMILES string of the molecule is CCOC(CNCc1ccc(OC)c(OC)c1Cl)OCC. The molecule has 0 radical (unpaired) electrons. The largest absolute Gasteiger partial charge is 0.493 e. The van der Waals surface area contributed by atoms with Gasteiger partial charge in [0, 0.05) is 26.3 Å². The van der Waals surface area contributed by atoms with Gasteiger partial charge < -0.3 is 24.3 Å². The quantitative estimate of drug-likeness (QED) is 0.672. The van der Waals surface area contributed by atoms with E-state index in [0.29, 0.717) is 42.8 Å².